The Hall–Kier alpha value is -2.27. The molecule has 0 spiro atoms. The summed E-state index contributed by atoms with van der Waals surface area (Å²) in [6.07, 6.45) is 0. The lowest BCUT2D eigenvalue weighted by atomic mass is 9.89. The molecule has 120 valence electrons. The highest BCUT2D eigenvalue weighted by Gasteiger charge is 2.36. The molecule has 0 unspecified atom stereocenters. The molecule has 3 nitrogen and oxygen atoms in total. The number of nitrogens with zero attached hydrogens (tertiary/aromatic N) is 1. The molecule has 1 aliphatic heterocycles. The van der Waals surface area contributed by atoms with Crippen LogP contribution in [0.2, 0.25) is 0 Å². The monoisotopic (exact) mass is 316 g/mol. The summed E-state index contributed by atoms with van der Waals surface area (Å²) in [5, 5.41) is 0. The van der Waals surface area contributed by atoms with Crippen LogP contribution in [0.4, 0.5) is 8.78 Å². The minimum absolute atomic E-state index is 0.0798. The molecule has 1 amide bonds. The topological polar surface area (TPSA) is 46.3 Å². The lowest BCUT2D eigenvalue weighted by Gasteiger charge is -2.17. The Kier molecular flexibility index (Phi) is 4.39. The van der Waals surface area contributed by atoms with E-state index in [0.717, 1.165) is 17.7 Å². The van der Waals surface area contributed by atoms with Crippen molar-refractivity contribution in [2.45, 2.75) is 5.92 Å². The van der Waals surface area contributed by atoms with E-state index in [1.807, 2.05) is 30.3 Å². The number of benzene rings is 2. The third-order valence-electron chi connectivity index (χ3n) is 4.44. The smallest absolute Gasteiger partial charge is 0.259 e. The fourth-order valence-electron chi connectivity index (χ4n) is 3.21. The third-order valence-corrected chi connectivity index (χ3v) is 4.44. The Bertz CT molecular complexity index is 685. The van der Waals surface area contributed by atoms with Gasteiger partial charge < -0.3 is 10.6 Å². The molecule has 1 heterocycles. The molecular formula is C18H18F2N2O. The van der Waals surface area contributed by atoms with Crippen LogP contribution in [-0.4, -0.2) is 30.4 Å². The van der Waals surface area contributed by atoms with Crippen molar-refractivity contribution in [2.24, 2.45) is 11.7 Å². The van der Waals surface area contributed by atoms with Crippen LogP contribution in [0.5, 0.6) is 0 Å². The van der Waals surface area contributed by atoms with Gasteiger partial charge in [0.1, 0.15) is 17.2 Å². The summed E-state index contributed by atoms with van der Waals surface area (Å²) in [6, 6.07) is 13.2. The maximum Gasteiger partial charge on any atom is 0.259 e. The van der Waals surface area contributed by atoms with Crippen LogP contribution in [-0.2, 0) is 0 Å². The zero-order chi connectivity index (χ0) is 16.4. The number of nitrogens with two attached hydrogens (primary N) is 1. The van der Waals surface area contributed by atoms with E-state index in [2.05, 4.69) is 0 Å². The molecule has 1 aliphatic rings. The minimum Gasteiger partial charge on any atom is -0.337 e. The fourth-order valence-corrected chi connectivity index (χ4v) is 3.21. The Morgan fingerprint density at radius 3 is 2.30 bits per heavy atom. The molecule has 3 rings (SSSR count). The van der Waals surface area contributed by atoms with Crippen molar-refractivity contribution in [2.75, 3.05) is 19.6 Å². The first-order valence-corrected chi connectivity index (χ1v) is 7.60. The average Bonchev–Trinajstić information content (AvgIpc) is 3.00. The minimum atomic E-state index is -0.831. The second-order valence-corrected chi connectivity index (χ2v) is 5.82. The maximum atomic E-state index is 13.8. The molecule has 1 saturated heterocycles. The highest BCUT2D eigenvalue weighted by molar-refractivity contribution is 5.95. The zero-order valence-corrected chi connectivity index (χ0v) is 12.6. The van der Waals surface area contributed by atoms with Gasteiger partial charge in [-0.15, -0.1) is 0 Å². The predicted octanol–water partition coefficient (Wildman–Crippen LogP) is 2.78. The standard InChI is InChI=1S/C18H18F2N2O/c19-15-7-4-8-16(20)17(15)18(23)22-10-13(9-21)14(11-22)12-5-2-1-3-6-12/h1-8,13-14H,9-11,21H2/t13-,14+/m1/s1. The van der Waals surface area contributed by atoms with Gasteiger partial charge in [-0.25, -0.2) is 8.78 Å². The summed E-state index contributed by atoms with van der Waals surface area (Å²) in [5.41, 5.74) is 6.44. The molecular weight excluding hydrogens is 298 g/mol. The lowest BCUT2D eigenvalue weighted by molar-refractivity contribution is 0.0776. The van der Waals surface area contributed by atoms with Crippen LogP contribution < -0.4 is 5.73 Å². The summed E-state index contributed by atoms with van der Waals surface area (Å²) in [4.78, 5) is 14.0. The summed E-state index contributed by atoms with van der Waals surface area (Å²) in [7, 11) is 0. The van der Waals surface area contributed by atoms with Gasteiger partial charge in [-0.05, 0) is 30.2 Å². The largest absolute Gasteiger partial charge is 0.337 e. The van der Waals surface area contributed by atoms with E-state index in [4.69, 9.17) is 5.73 Å². The quantitative estimate of drug-likeness (QED) is 0.946. The fraction of sp³-hybridized carbons (Fsp3) is 0.278. The van der Waals surface area contributed by atoms with Gasteiger partial charge in [-0.2, -0.15) is 0 Å². The number of likely N-dealkylation sites (tertiary alicyclic amines) is 1. The van der Waals surface area contributed by atoms with Crippen molar-refractivity contribution >= 4 is 5.91 Å². The number of carbonyl (C=O) groups excluding carboxylic acids is 1. The van der Waals surface area contributed by atoms with Crippen molar-refractivity contribution < 1.29 is 13.6 Å². The van der Waals surface area contributed by atoms with Gasteiger partial charge in [0.05, 0.1) is 0 Å². The van der Waals surface area contributed by atoms with Crippen LogP contribution >= 0.6 is 0 Å². The predicted molar refractivity (Wildman–Crippen MR) is 84.0 cm³/mol. The van der Waals surface area contributed by atoms with Gasteiger partial charge in [-0.3, -0.25) is 4.79 Å². The first-order chi connectivity index (χ1) is 11.1. The van der Waals surface area contributed by atoms with E-state index in [0.29, 0.717) is 19.6 Å². The van der Waals surface area contributed by atoms with Gasteiger partial charge in [0, 0.05) is 19.0 Å². The van der Waals surface area contributed by atoms with Crippen LogP contribution in [0, 0.1) is 17.6 Å². The summed E-state index contributed by atoms with van der Waals surface area (Å²) < 4.78 is 27.7. The van der Waals surface area contributed by atoms with E-state index in [1.165, 1.54) is 11.0 Å². The Morgan fingerprint density at radius 2 is 1.70 bits per heavy atom. The van der Waals surface area contributed by atoms with Gasteiger partial charge in [0.25, 0.3) is 5.91 Å². The number of halogens is 2. The van der Waals surface area contributed by atoms with Crippen molar-refractivity contribution in [1.29, 1.82) is 0 Å². The van der Waals surface area contributed by atoms with Gasteiger partial charge in [0.2, 0.25) is 0 Å². The van der Waals surface area contributed by atoms with Crippen LogP contribution in [0.1, 0.15) is 21.8 Å². The molecule has 2 aromatic rings. The Balaban J connectivity index is 1.86. The van der Waals surface area contributed by atoms with E-state index in [1.54, 1.807) is 0 Å². The van der Waals surface area contributed by atoms with E-state index in [-0.39, 0.29) is 11.8 Å². The number of hydrogen-bond donors (Lipinski definition) is 1. The van der Waals surface area contributed by atoms with E-state index < -0.39 is 23.1 Å². The Morgan fingerprint density at radius 1 is 1.04 bits per heavy atom. The molecule has 0 saturated carbocycles. The molecule has 2 N–H and O–H groups in total. The van der Waals surface area contributed by atoms with Crippen LogP contribution in [0.3, 0.4) is 0 Å². The maximum absolute atomic E-state index is 13.8. The molecule has 1 fully saturated rings. The number of rotatable bonds is 3. The molecule has 2 atom stereocenters. The summed E-state index contributed by atoms with van der Waals surface area (Å²) in [5.74, 6) is -2.11. The molecule has 0 radical (unpaired) electrons. The van der Waals surface area contributed by atoms with E-state index in [9.17, 15) is 13.6 Å². The first-order valence-electron chi connectivity index (χ1n) is 7.60. The van der Waals surface area contributed by atoms with Crippen LogP contribution in [0.15, 0.2) is 48.5 Å². The summed E-state index contributed by atoms with van der Waals surface area (Å²) >= 11 is 0. The van der Waals surface area contributed by atoms with Gasteiger partial charge in [-0.1, -0.05) is 36.4 Å². The molecule has 2 aromatic carbocycles. The number of carbonyl (C=O) groups is 1. The summed E-state index contributed by atoms with van der Waals surface area (Å²) in [6.45, 7) is 1.24. The second kappa shape index (κ2) is 6.46. The van der Waals surface area contributed by atoms with Crippen molar-refractivity contribution in [3.05, 3.63) is 71.3 Å². The zero-order valence-electron chi connectivity index (χ0n) is 12.6. The molecule has 0 aliphatic carbocycles. The average molecular weight is 316 g/mol. The molecule has 0 aromatic heterocycles. The van der Waals surface area contributed by atoms with Crippen LogP contribution in [0.25, 0.3) is 0 Å². The highest BCUT2D eigenvalue weighted by atomic mass is 19.1. The normalized spacial score (nSPS) is 20.7. The lowest BCUT2D eigenvalue weighted by Crippen LogP contribution is -2.31. The highest BCUT2D eigenvalue weighted by Crippen LogP contribution is 2.33. The van der Waals surface area contributed by atoms with Gasteiger partial charge in [0.15, 0.2) is 0 Å². The van der Waals surface area contributed by atoms with E-state index >= 15 is 0 Å². The molecule has 23 heavy (non-hydrogen) atoms. The van der Waals surface area contributed by atoms with Crippen molar-refractivity contribution in [3.63, 3.8) is 0 Å². The number of hydrogen-bond acceptors (Lipinski definition) is 2. The molecule has 5 heteroatoms. The first kappa shape index (κ1) is 15.6. The Labute approximate surface area is 133 Å². The number of amides is 1. The van der Waals surface area contributed by atoms with Crippen molar-refractivity contribution in [3.8, 4) is 0 Å². The third kappa shape index (κ3) is 2.97. The van der Waals surface area contributed by atoms with Crippen molar-refractivity contribution in [1.82, 2.24) is 4.90 Å². The second-order valence-electron chi connectivity index (χ2n) is 5.82. The van der Waals surface area contributed by atoms with Gasteiger partial charge >= 0.3 is 0 Å². The molecule has 0 bridgehead atoms. The SMILES string of the molecule is NC[C@@H]1CN(C(=O)c2c(F)cccc2F)C[C@H]1c1ccccc1.